The van der Waals surface area contributed by atoms with Gasteiger partial charge in [-0.2, -0.15) is 5.26 Å². The molecule has 21 heavy (non-hydrogen) atoms. The maximum atomic E-state index is 9.47. The van der Waals surface area contributed by atoms with E-state index < -0.39 is 0 Å². The van der Waals surface area contributed by atoms with Crippen molar-refractivity contribution >= 4 is 16.7 Å². The van der Waals surface area contributed by atoms with Gasteiger partial charge in [0.25, 0.3) is 0 Å². The average Bonchev–Trinajstić information content (AvgIpc) is 2.53. The first-order valence-electron chi connectivity index (χ1n) is 7.73. The maximum absolute atomic E-state index is 9.47. The largest absolute Gasteiger partial charge is 0.355 e. The van der Waals surface area contributed by atoms with Gasteiger partial charge in [0.15, 0.2) is 0 Å². The van der Waals surface area contributed by atoms with E-state index in [1.165, 1.54) is 25.7 Å². The van der Waals surface area contributed by atoms with Gasteiger partial charge in [-0.1, -0.05) is 38.0 Å². The zero-order valence-electron chi connectivity index (χ0n) is 12.7. The Morgan fingerprint density at radius 2 is 2.00 bits per heavy atom. The Hall–Kier alpha value is -2.08. The van der Waals surface area contributed by atoms with Gasteiger partial charge in [-0.05, 0) is 30.9 Å². The minimum Gasteiger partial charge on any atom is -0.355 e. The Morgan fingerprint density at radius 3 is 2.76 bits per heavy atom. The van der Waals surface area contributed by atoms with Gasteiger partial charge in [0.05, 0.1) is 11.1 Å². The number of aromatic nitrogens is 1. The van der Waals surface area contributed by atoms with Crippen molar-refractivity contribution in [3.63, 3.8) is 0 Å². The number of nitrogens with zero attached hydrogens (tertiary/aromatic N) is 3. The van der Waals surface area contributed by atoms with E-state index in [4.69, 9.17) is 4.98 Å². The Labute approximate surface area is 126 Å². The van der Waals surface area contributed by atoms with Crippen LogP contribution >= 0.6 is 0 Å². The SMILES string of the molecule is CC1CCCCC1N(C)c1nc2ccccc2cc1C#N. The molecule has 2 unspecified atom stereocenters. The summed E-state index contributed by atoms with van der Waals surface area (Å²) in [5.41, 5.74) is 1.63. The molecule has 1 aromatic carbocycles. The summed E-state index contributed by atoms with van der Waals surface area (Å²) in [6, 6.07) is 12.8. The van der Waals surface area contributed by atoms with Crippen LogP contribution in [0.3, 0.4) is 0 Å². The lowest BCUT2D eigenvalue weighted by Gasteiger charge is -2.37. The Morgan fingerprint density at radius 1 is 1.24 bits per heavy atom. The summed E-state index contributed by atoms with van der Waals surface area (Å²) < 4.78 is 0. The molecule has 1 heterocycles. The van der Waals surface area contributed by atoms with Crippen molar-refractivity contribution in [3.05, 3.63) is 35.9 Å². The molecule has 3 heteroatoms. The standard InChI is InChI=1S/C18H21N3/c1-13-7-3-6-10-17(13)21(2)18-15(12-19)11-14-8-4-5-9-16(14)20-18/h4-5,8-9,11,13,17H,3,6-7,10H2,1-2H3. The molecular formula is C18H21N3. The smallest absolute Gasteiger partial charge is 0.147 e. The first kappa shape index (κ1) is 13.9. The normalized spacial score (nSPS) is 22.0. The summed E-state index contributed by atoms with van der Waals surface area (Å²) in [6.45, 7) is 2.31. The van der Waals surface area contributed by atoms with Crippen molar-refractivity contribution in [3.8, 4) is 6.07 Å². The van der Waals surface area contributed by atoms with Gasteiger partial charge in [-0.25, -0.2) is 4.98 Å². The lowest BCUT2D eigenvalue weighted by atomic mass is 9.85. The minimum atomic E-state index is 0.486. The van der Waals surface area contributed by atoms with E-state index in [0.29, 0.717) is 17.5 Å². The minimum absolute atomic E-state index is 0.486. The van der Waals surface area contributed by atoms with Crippen LogP contribution in [-0.2, 0) is 0 Å². The van der Waals surface area contributed by atoms with Gasteiger partial charge in [0, 0.05) is 18.5 Å². The molecule has 0 N–H and O–H groups in total. The highest BCUT2D eigenvalue weighted by molar-refractivity contribution is 5.83. The summed E-state index contributed by atoms with van der Waals surface area (Å²) in [6.07, 6.45) is 5.05. The van der Waals surface area contributed by atoms with Crippen molar-refractivity contribution in [2.75, 3.05) is 11.9 Å². The number of benzene rings is 1. The summed E-state index contributed by atoms with van der Waals surface area (Å²) >= 11 is 0. The molecular weight excluding hydrogens is 258 g/mol. The molecule has 2 aromatic rings. The second kappa shape index (κ2) is 5.73. The Kier molecular flexibility index (Phi) is 3.79. The number of nitriles is 1. The van der Waals surface area contributed by atoms with Crippen molar-refractivity contribution in [1.82, 2.24) is 4.98 Å². The lowest BCUT2D eigenvalue weighted by molar-refractivity contribution is 0.320. The average molecular weight is 279 g/mol. The van der Waals surface area contributed by atoms with Crippen LogP contribution in [0.5, 0.6) is 0 Å². The van der Waals surface area contributed by atoms with E-state index in [1.54, 1.807) is 0 Å². The van der Waals surface area contributed by atoms with E-state index in [-0.39, 0.29) is 0 Å². The molecule has 1 saturated carbocycles. The molecule has 1 fully saturated rings. The quantitative estimate of drug-likeness (QED) is 0.830. The van der Waals surface area contributed by atoms with Gasteiger partial charge in [0.1, 0.15) is 11.9 Å². The van der Waals surface area contributed by atoms with Crippen LogP contribution in [0.4, 0.5) is 5.82 Å². The predicted molar refractivity (Wildman–Crippen MR) is 86.3 cm³/mol. The molecule has 0 saturated heterocycles. The predicted octanol–water partition coefficient (Wildman–Crippen LogP) is 4.12. The van der Waals surface area contributed by atoms with Crippen LogP contribution in [-0.4, -0.2) is 18.1 Å². The number of fused-ring (bicyclic) bond motifs is 1. The van der Waals surface area contributed by atoms with Crippen molar-refractivity contribution < 1.29 is 0 Å². The highest BCUT2D eigenvalue weighted by Crippen LogP contribution is 2.32. The van der Waals surface area contributed by atoms with Crippen LogP contribution in [0, 0.1) is 17.2 Å². The molecule has 0 radical (unpaired) electrons. The Bertz CT molecular complexity index is 686. The Balaban J connectivity index is 2.04. The van der Waals surface area contributed by atoms with Crippen molar-refractivity contribution in [1.29, 1.82) is 5.26 Å². The summed E-state index contributed by atoms with van der Waals surface area (Å²) in [5.74, 6) is 1.48. The number of hydrogen-bond donors (Lipinski definition) is 0. The monoisotopic (exact) mass is 279 g/mol. The van der Waals surface area contributed by atoms with Gasteiger partial charge in [0.2, 0.25) is 0 Å². The third-order valence-electron chi connectivity index (χ3n) is 4.72. The number of anilines is 1. The first-order chi connectivity index (χ1) is 10.2. The van der Waals surface area contributed by atoms with Gasteiger partial charge in [-0.15, -0.1) is 0 Å². The van der Waals surface area contributed by atoms with Crippen molar-refractivity contribution in [2.45, 2.75) is 38.6 Å². The third kappa shape index (κ3) is 2.58. The number of rotatable bonds is 2. The molecule has 3 rings (SSSR count). The zero-order valence-corrected chi connectivity index (χ0v) is 12.7. The highest BCUT2D eigenvalue weighted by Gasteiger charge is 2.27. The molecule has 1 aliphatic carbocycles. The molecule has 0 bridgehead atoms. The topological polar surface area (TPSA) is 39.9 Å². The third-order valence-corrected chi connectivity index (χ3v) is 4.72. The van der Waals surface area contributed by atoms with Gasteiger partial charge >= 0.3 is 0 Å². The van der Waals surface area contributed by atoms with Gasteiger partial charge < -0.3 is 4.90 Å². The van der Waals surface area contributed by atoms with Gasteiger partial charge in [-0.3, -0.25) is 0 Å². The van der Waals surface area contributed by atoms with E-state index in [1.807, 2.05) is 30.3 Å². The molecule has 3 nitrogen and oxygen atoms in total. The van der Waals surface area contributed by atoms with Crippen LogP contribution in [0.15, 0.2) is 30.3 Å². The fourth-order valence-electron chi connectivity index (χ4n) is 3.49. The zero-order chi connectivity index (χ0) is 14.8. The van der Waals surface area contributed by atoms with Crippen molar-refractivity contribution in [2.24, 2.45) is 5.92 Å². The summed E-state index contributed by atoms with van der Waals surface area (Å²) in [5, 5.41) is 10.5. The van der Waals surface area contributed by atoms with E-state index in [0.717, 1.165) is 16.7 Å². The van der Waals surface area contributed by atoms with Crippen LogP contribution in [0.2, 0.25) is 0 Å². The van der Waals surface area contributed by atoms with E-state index in [2.05, 4.69) is 24.9 Å². The van der Waals surface area contributed by atoms with Crippen LogP contribution in [0.25, 0.3) is 10.9 Å². The second-order valence-corrected chi connectivity index (χ2v) is 6.10. The highest BCUT2D eigenvalue weighted by atomic mass is 15.2. The molecule has 0 spiro atoms. The molecule has 0 aliphatic heterocycles. The molecule has 2 atom stereocenters. The molecule has 0 amide bonds. The van der Waals surface area contributed by atoms with E-state index in [9.17, 15) is 5.26 Å². The summed E-state index contributed by atoms with van der Waals surface area (Å²) in [4.78, 5) is 6.99. The fourth-order valence-corrected chi connectivity index (χ4v) is 3.49. The van der Waals surface area contributed by atoms with E-state index >= 15 is 0 Å². The summed E-state index contributed by atoms with van der Waals surface area (Å²) in [7, 11) is 2.09. The molecule has 1 aliphatic rings. The fraction of sp³-hybridized carbons (Fsp3) is 0.444. The van der Waals surface area contributed by atoms with Crippen LogP contribution < -0.4 is 4.90 Å². The number of hydrogen-bond acceptors (Lipinski definition) is 3. The first-order valence-corrected chi connectivity index (χ1v) is 7.73. The molecule has 108 valence electrons. The lowest BCUT2D eigenvalue weighted by Crippen LogP contribution is -2.39. The maximum Gasteiger partial charge on any atom is 0.147 e. The number of pyridine rings is 1. The molecule has 1 aromatic heterocycles. The van der Waals surface area contributed by atoms with Crippen LogP contribution in [0.1, 0.15) is 38.2 Å². The number of para-hydroxylation sites is 1. The second-order valence-electron chi connectivity index (χ2n) is 6.10.